The van der Waals surface area contributed by atoms with Crippen molar-refractivity contribution in [1.29, 1.82) is 5.26 Å². The topological polar surface area (TPSA) is 71.9 Å². The number of aromatic nitrogens is 1. The number of hydrogen-bond acceptors (Lipinski definition) is 4. The molecular formula is C11H15N3O. The summed E-state index contributed by atoms with van der Waals surface area (Å²) in [6.45, 7) is 4.81. The molecular weight excluding hydrogens is 190 g/mol. The Kier molecular flexibility index (Phi) is 4.07. The normalized spacial score (nSPS) is 9.73. The standard InChI is InChI=1S/C11H15N3O/c1-8-6-11(15-5-3-4-12)10(7-13)9(2)14-8/h6H,3-5,12H2,1-2H3. The maximum Gasteiger partial charge on any atom is 0.140 e. The van der Waals surface area contributed by atoms with Gasteiger partial charge in [-0.3, -0.25) is 4.98 Å². The number of nitrogens with two attached hydrogens (primary N) is 1. The fourth-order valence-corrected chi connectivity index (χ4v) is 1.31. The van der Waals surface area contributed by atoms with Gasteiger partial charge in [0.15, 0.2) is 0 Å². The summed E-state index contributed by atoms with van der Waals surface area (Å²) < 4.78 is 5.49. The van der Waals surface area contributed by atoms with Gasteiger partial charge in [0, 0.05) is 11.8 Å². The first kappa shape index (κ1) is 11.5. The third kappa shape index (κ3) is 2.93. The molecule has 0 radical (unpaired) electrons. The fraction of sp³-hybridized carbons (Fsp3) is 0.455. The average molecular weight is 205 g/mol. The molecule has 0 amide bonds. The highest BCUT2D eigenvalue weighted by Crippen LogP contribution is 2.21. The Morgan fingerprint density at radius 3 is 2.87 bits per heavy atom. The lowest BCUT2D eigenvalue weighted by atomic mass is 10.2. The van der Waals surface area contributed by atoms with Crippen LogP contribution < -0.4 is 10.5 Å². The van der Waals surface area contributed by atoms with E-state index in [4.69, 9.17) is 15.7 Å². The number of pyridine rings is 1. The van der Waals surface area contributed by atoms with E-state index in [-0.39, 0.29) is 0 Å². The molecule has 2 N–H and O–H groups in total. The van der Waals surface area contributed by atoms with Gasteiger partial charge in [-0.25, -0.2) is 0 Å². The monoisotopic (exact) mass is 205 g/mol. The van der Waals surface area contributed by atoms with Crippen LogP contribution in [0.25, 0.3) is 0 Å². The second-order valence-electron chi connectivity index (χ2n) is 3.32. The van der Waals surface area contributed by atoms with E-state index >= 15 is 0 Å². The lowest BCUT2D eigenvalue weighted by molar-refractivity contribution is 0.311. The summed E-state index contributed by atoms with van der Waals surface area (Å²) in [7, 11) is 0. The van der Waals surface area contributed by atoms with Crippen molar-refractivity contribution in [2.45, 2.75) is 20.3 Å². The predicted molar refractivity (Wildman–Crippen MR) is 57.6 cm³/mol. The van der Waals surface area contributed by atoms with E-state index < -0.39 is 0 Å². The van der Waals surface area contributed by atoms with Crippen molar-refractivity contribution in [3.05, 3.63) is 23.0 Å². The number of rotatable bonds is 4. The minimum Gasteiger partial charge on any atom is -0.492 e. The van der Waals surface area contributed by atoms with E-state index in [0.717, 1.165) is 12.1 Å². The summed E-state index contributed by atoms with van der Waals surface area (Å²) in [4.78, 5) is 4.21. The molecule has 0 atom stereocenters. The first-order valence-electron chi connectivity index (χ1n) is 4.90. The van der Waals surface area contributed by atoms with Crippen LogP contribution in [0.1, 0.15) is 23.4 Å². The molecule has 80 valence electrons. The quantitative estimate of drug-likeness (QED) is 0.752. The van der Waals surface area contributed by atoms with Gasteiger partial charge in [0.1, 0.15) is 17.4 Å². The maximum atomic E-state index is 8.95. The van der Waals surface area contributed by atoms with Crippen LogP contribution in [-0.2, 0) is 0 Å². The van der Waals surface area contributed by atoms with Gasteiger partial charge in [-0.15, -0.1) is 0 Å². The van der Waals surface area contributed by atoms with Crippen molar-refractivity contribution < 1.29 is 4.74 Å². The summed E-state index contributed by atoms with van der Waals surface area (Å²) in [6.07, 6.45) is 0.783. The Balaban J connectivity index is 2.90. The number of nitriles is 1. The molecule has 15 heavy (non-hydrogen) atoms. The summed E-state index contributed by atoms with van der Waals surface area (Å²) in [6, 6.07) is 3.88. The number of aryl methyl sites for hydroxylation is 2. The van der Waals surface area contributed by atoms with Crippen LogP contribution in [-0.4, -0.2) is 18.1 Å². The molecule has 4 nitrogen and oxygen atoms in total. The van der Waals surface area contributed by atoms with Crippen molar-refractivity contribution in [2.24, 2.45) is 5.73 Å². The second-order valence-corrected chi connectivity index (χ2v) is 3.32. The summed E-state index contributed by atoms with van der Waals surface area (Å²) >= 11 is 0. The molecule has 1 aromatic heterocycles. The Morgan fingerprint density at radius 2 is 2.27 bits per heavy atom. The number of ether oxygens (including phenoxy) is 1. The van der Waals surface area contributed by atoms with Crippen LogP contribution in [0.2, 0.25) is 0 Å². The molecule has 0 spiro atoms. The molecule has 0 aliphatic carbocycles. The lowest BCUT2D eigenvalue weighted by Gasteiger charge is -2.09. The highest BCUT2D eigenvalue weighted by molar-refractivity contribution is 5.46. The van der Waals surface area contributed by atoms with Crippen LogP contribution in [0.5, 0.6) is 5.75 Å². The summed E-state index contributed by atoms with van der Waals surface area (Å²) in [5.74, 6) is 0.607. The van der Waals surface area contributed by atoms with E-state index in [2.05, 4.69) is 11.1 Å². The van der Waals surface area contributed by atoms with E-state index in [9.17, 15) is 0 Å². The molecule has 1 heterocycles. The first-order valence-corrected chi connectivity index (χ1v) is 4.90. The molecule has 0 bridgehead atoms. The van der Waals surface area contributed by atoms with Crippen molar-refractivity contribution in [2.75, 3.05) is 13.2 Å². The van der Waals surface area contributed by atoms with E-state index in [1.165, 1.54) is 0 Å². The Morgan fingerprint density at radius 1 is 1.53 bits per heavy atom. The van der Waals surface area contributed by atoms with Gasteiger partial charge in [0.2, 0.25) is 0 Å². The van der Waals surface area contributed by atoms with Crippen molar-refractivity contribution in [3.63, 3.8) is 0 Å². The van der Waals surface area contributed by atoms with Crippen molar-refractivity contribution >= 4 is 0 Å². The largest absolute Gasteiger partial charge is 0.492 e. The highest BCUT2D eigenvalue weighted by atomic mass is 16.5. The zero-order valence-electron chi connectivity index (χ0n) is 9.08. The summed E-state index contributed by atoms with van der Waals surface area (Å²) in [5.41, 5.74) is 7.44. The van der Waals surface area contributed by atoms with Gasteiger partial charge in [0.05, 0.1) is 12.3 Å². The Labute approximate surface area is 89.7 Å². The van der Waals surface area contributed by atoms with Crippen LogP contribution in [0.3, 0.4) is 0 Å². The number of nitrogens with zero attached hydrogens (tertiary/aromatic N) is 2. The SMILES string of the molecule is Cc1cc(OCCCN)c(C#N)c(C)n1. The number of hydrogen-bond donors (Lipinski definition) is 1. The molecule has 0 unspecified atom stereocenters. The molecule has 0 saturated heterocycles. The van der Waals surface area contributed by atoms with Crippen LogP contribution in [0, 0.1) is 25.2 Å². The Hall–Kier alpha value is -1.60. The average Bonchev–Trinajstić information content (AvgIpc) is 2.17. The molecule has 0 aliphatic rings. The molecule has 0 saturated carbocycles. The zero-order valence-corrected chi connectivity index (χ0v) is 9.08. The van der Waals surface area contributed by atoms with Gasteiger partial charge in [-0.1, -0.05) is 0 Å². The van der Waals surface area contributed by atoms with Gasteiger partial charge in [0.25, 0.3) is 0 Å². The highest BCUT2D eigenvalue weighted by Gasteiger charge is 2.08. The van der Waals surface area contributed by atoms with Gasteiger partial charge < -0.3 is 10.5 Å². The molecule has 0 aromatic carbocycles. The minimum absolute atomic E-state index is 0.512. The summed E-state index contributed by atoms with van der Waals surface area (Å²) in [5, 5.41) is 8.95. The third-order valence-corrected chi connectivity index (χ3v) is 2.01. The van der Waals surface area contributed by atoms with Gasteiger partial charge in [-0.2, -0.15) is 5.26 Å². The predicted octanol–water partition coefficient (Wildman–Crippen LogP) is 1.30. The Bertz CT molecular complexity index is 382. The third-order valence-electron chi connectivity index (χ3n) is 2.01. The van der Waals surface area contributed by atoms with Crippen molar-refractivity contribution in [3.8, 4) is 11.8 Å². The lowest BCUT2D eigenvalue weighted by Crippen LogP contribution is -2.07. The van der Waals surface area contributed by atoms with Crippen LogP contribution in [0.4, 0.5) is 0 Å². The molecule has 4 heteroatoms. The van der Waals surface area contributed by atoms with E-state index in [1.807, 2.05) is 6.92 Å². The second kappa shape index (κ2) is 5.32. The molecule has 1 aromatic rings. The first-order chi connectivity index (χ1) is 7.19. The van der Waals surface area contributed by atoms with E-state index in [1.54, 1.807) is 13.0 Å². The van der Waals surface area contributed by atoms with Gasteiger partial charge in [-0.05, 0) is 26.8 Å². The smallest absolute Gasteiger partial charge is 0.140 e. The fourth-order valence-electron chi connectivity index (χ4n) is 1.31. The zero-order chi connectivity index (χ0) is 11.3. The maximum absolute atomic E-state index is 8.95. The minimum atomic E-state index is 0.512. The van der Waals surface area contributed by atoms with Crippen LogP contribution in [0.15, 0.2) is 6.07 Å². The molecule has 0 fully saturated rings. The molecule has 1 rings (SSSR count). The van der Waals surface area contributed by atoms with Crippen LogP contribution >= 0.6 is 0 Å². The van der Waals surface area contributed by atoms with Gasteiger partial charge >= 0.3 is 0 Å². The molecule has 0 aliphatic heterocycles. The van der Waals surface area contributed by atoms with E-state index in [0.29, 0.717) is 30.2 Å². The van der Waals surface area contributed by atoms with Crippen molar-refractivity contribution in [1.82, 2.24) is 4.98 Å².